The van der Waals surface area contributed by atoms with Crippen molar-refractivity contribution < 1.29 is 0 Å². The molecule has 0 aromatic heterocycles. The molecular weight excluding hydrogens is 629 g/mol. The number of benzene rings is 9. The van der Waals surface area contributed by atoms with E-state index in [9.17, 15) is 0 Å². The van der Waals surface area contributed by atoms with E-state index in [1.54, 1.807) is 0 Å². The zero-order valence-corrected chi connectivity index (χ0v) is 28.7. The topological polar surface area (TPSA) is 38.4 Å². The number of amidine groups is 1. The standard InChI is InChI=1S/C50H36N2/c51-50(40-17-5-2-6-18-40)52-46(32-24-34-23-25-35-13-7-8-19-41(35)33-34)37-26-28-39(29-27-37)48-44-22-12-11-21-43(44)47(38-15-3-1-4-16-38)45-31-30-36-14-9-10-20-42(36)49(45)48/h1-23,25-33H,24H2,(H2,51,52)/b46-32-. The van der Waals surface area contributed by atoms with Crippen molar-refractivity contribution in [3.8, 4) is 22.3 Å². The molecule has 0 heterocycles. The number of fused-ring (bicyclic) bond motifs is 5. The van der Waals surface area contributed by atoms with E-state index in [0.717, 1.165) is 28.8 Å². The molecular formula is C50H36N2. The van der Waals surface area contributed by atoms with E-state index in [2.05, 4.69) is 164 Å². The van der Waals surface area contributed by atoms with Gasteiger partial charge in [-0.1, -0.05) is 194 Å². The first-order valence-corrected chi connectivity index (χ1v) is 17.8. The predicted molar refractivity (Wildman–Crippen MR) is 223 cm³/mol. The summed E-state index contributed by atoms with van der Waals surface area (Å²) in [6.45, 7) is 0. The van der Waals surface area contributed by atoms with Crippen LogP contribution >= 0.6 is 0 Å². The molecule has 9 aromatic carbocycles. The first kappa shape index (κ1) is 31.2. The molecule has 2 nitrogen and oxygen atoms in total. The monoisotopic (exact) mass is 664 g/mol. The fraction of sp³-hybridized carbons (Fsp3) is 0.0200. The lowest BCUT2D eigenvalue weighted by Crippen LogP contribution is -2.13. The maximum Gasteiger partial charge on any atom is 0.131 e. The van der Waals surface area contributed by atoms with Gasteiger partial charge < -0.3 is 5.73 Å². The van der Waals surface area contributed by atoms with Crippen LogP contribution in [0.2, 0.25) is 0 Å². The Balaban J connectivity index is 1.21. The van der Waals surface area contributed by atoms with Gasteiger partial charge in [0.25, 0.3) is 0 Å². The van der Waals surface area contributed by atoms with Gasteiger partial charge in [-0.3, -0.25) is 0 Å². The zero-order valence-electron chi connectivity index (χ0n) is 28.7. The molecule has 0 aliphatic carbocycles. The van der Waals surface area contributed by atoms with Crippen molar-refractivity contribution in [3.05, 3.63) is 211 Å². The Hall–Kier alpha value is -6.77. The number of hydrogen-bond donors (Lipinski definition) is 1. The summed E-state index contributed by atoms with van der Waals surface area (Å²) in [4.78, 5) is 5.04. The van der Waals surface area contributed by atoms with Crippen LogP contribution in [0.1, 0.15) is 16.7 Å². The Bertz CT molecular complexity index is 2800. The normalized spacial score (nSPS) is 12.2. The van der Waals surface area contributed by atoms with Gasteiger partial charge in [0.15, 0.2) is 0 Å². The van der Waals surface area contributed by atoms with Gasteiger partial charge in [0.2, 0.25) is 0 Å². The molecule has 0 saturated carbocycles. The number of aliphatic imine (C=N–C) groups is 1. The largest absolute Gasteiger partial charge is 0.383 e. The molecule has 0 aliphatic rings. The van der Waals surface area contributed by atoms with Crippen LogP contribution in [0, 0.1) is 0 Å². The number of allylic oxidation sites excluding steroid dienone is 1. The molecule has 2 heteroatoms. The summed E-state index contributed by atoms with van der Waals surface area (Å²) in [6, 6.07) is 66.9. The molecule has 0 bridgehead atoms. The van der Waals surface area contributed by atoms with E-state index >= 15 is 0 Å². The molecule has 0 atom stereocenters. The van der Waals surface area contributed by atoms with Crippen LogP contribution in [0.15, 0.2) is 199 Å². The van der Waals surface area contributed by atoms with Crippen LogP contribution in [0.4, 0.5) is 0 Å². The molecule has 52 heavy (non-hydrogen) atoms. The molecule has 0 saturated heterocycles. The average Bonchev–Trinajstić information content (AvgIpc) is 3.22. The molecule has 2 N–H and O–H groups in total. The summed E-state index contributed by atoms with van der Waals surface area (Å²) in [5, 5.41) is 9.94. The third-order valence-corrected chi connectivity index (χ3v) is 10.1. The Labute approximate surface area is 303 Å². The van der Waals surface area contributed by atoms with Crippen molar-refractivity contribution in [1.82, 2.24) is 0 Å². The molecule has 0 fully saturated rings. The second-order valence-corrected chi connectivity index (χ2v) is 13.3. The highest BCUT2D eigenvalue weighted by Crippen LogP contribution is 2.46. The minimum atomic E-state index is 0.495. The van der Waals surface area contributed by atoms with Gasteiger partial charge in [-0.05, 0) is 82.9 Å². The highest BCUT2D eigenvalue weighted by atomic mass is 14.9. The highest BCUT2D eigenvalue weighted by Gasteiger charge is 2.18. The summed E-state index contributed by atoms with van der Waals surface area (Å²) in [7, 11) is 0. The highest BCUT2D eigenvalue weighted by molar-refractivity contribution is 6.27. The Morgan fingerprint density at radius 2 is 1.02 bits per heavy atom. The number of hydrogen-bond acceptors (Lipinski definition) is 1. The average molecular weight is 665 g/mol. The van der Waals surface area contributed by atoms with Crippen molar-refractivity contribution in [2.45, 2.75) is 6.42 Å². The SMILES string of the molecule is NC(=N/C(=C\Cc1ccc2ccccc2c1)c1ccc(-c2c3ccccc3c(-c3ccccc3)c3ccc4ccccc4c23)cc1)c1ccccc1. The molecule has 9 aromatic rings. The molecule has 0 aliphatic heterocycles. The number of nitrogens with two attached hydrogens (primary N) is 1. The third-order valence-electron chi connectivity index (χ3n) is 10.1. The fourth-order valence-electron chi connectivity index (χ4n) is 7.58. The van der Waals surface area contributed by atoms with Crippen molar-refractivity contribution >= 4 is 54.6 Å². The molecule has 0 spiro atoms. The van der Waals surface area contributed by atoms with E-state index in [0.29, 0.717) is 5.84 Å². The van der Waals surface area contributed by atoms with Crippen LogP contribution < -0.4 is 5.73 Å². The zero-order chi connectivity index (χ0) is 34.9. The predicted octanol–water partition coefficient (Wildman–Crippen LogP) is 12.6. The lowest BCUT2D eigenvalue weighted by atomic mass is 9.84. The number of rotatable bonds is 7. The quantitative estimate of drug-likeness (QED) is 0.0783. The minimum absolute atomic E-state index is 0.495. The van der Waals surface area contributed by atoms with Gasteiger partial charge in [-0.15, -0.1) is 0 Å². The lowest BCUT2D eigenvalue weighted by molar-refractivity contribution is 1.27. The molecule has 0 radical (unpaired) electrons. The molecule has 0 unspecified atom stereocenters. The lowest BCUT2D eigenvalue weighted by Gasteiger charge is -2.19. The van der Waals surface area contributed by atoms with Crippen LogP contribution in [0.5, 0.6) is 0 Å². The van der Waals surface area contributed by atoms with E-state index in [4.69, 9.17) is 10.7 Å². The molecule has 246 valence electrons. The second-order valence-electron chi connectivity index (χ2n) is 13.3. The Kier molecular flexibility index (Phi) is 8.11. The van der Waals surface area contributed by atoms with Crippen molar-refractivity contribution in [2.24, 2.45) is 10.7 Å². The summed E-state index contributed by atoms with van der Waals surface area (Å²) >= 11 is 0. The molecule has 0 amide bonds. The first-order chi connectivity index (χ1) is 25.7. The van der Waals surface area contributed by atoms with E-state index < -0.39 is 0 Å². The van der Waals surface area contributed by atoms with Crippen molar-refractivity contribution in [2.75, 3.05) is 0 Å². The minimum Gasteiger partial charge on any atom is -0.383 e. The van der Waals surface area contributed by atoms with Gasteiger partial charge in [-0.25, -0.2) is 4.99 Å². The van der Waals surface area contributed by atoms with Crippen LogP contribution in [-0.2, 0) is 6.42 Å². The summed E-state index contributed by atoms with van der Waals surface area (Å²) < 4.78 is 0. The maximum atomic E-state index is 6.65. The van der Waals surface area contributed by atoms with Crippen LogP contribution in [0.3, 0.4) is 0 Å². The maximum absolute atomic E-state index is 6.65. The van der Waals surface area contributed by atoms with Gasteiger partial charge >= 0.3 is 0 Å². The van der Waals surface area contributed by atoms with Gasteiger partial charge in [0, 0.05) is 5.56 Å². The fourth-order valence-corrected chi connectivity index (χ4v) is 7.58. The second kappa shape index (κ2) is 13.5. The van der Waals surface area contributed by atoms with Crippen LogP contribution in [-0.4, -0.2) is 5.84 Å². The van der Waals surface area contributed by atoms with E-state index in [1.807, 2.05) is 30.3 Å². The smallest absolute Gasteiger partial charge is 0.131 e. The molecule has 9 rings (SSSR count). The van der Waals surface area contributed by atoms with Gasteiger partial charge in [0.05, 0.1) is 5.70 Å². The first-order valence-electron chi connectivity index (χ1n) is 17.8. The van der Waals surface area contributed by atoms with Crippen molar-refractivity contribution in [3.63, 3.8) is 0 Å². The number of nitrogens with zero attached hydrogens (tertiary/aromatic N) is 1. The van der Waals surface area contributed by atoms with E-state index in [1.165, 1.54) is 65.3 Å². The summed E-state index contributed by atoms with van der Waals surface area (Å²) in [6.07, 6.45) is 2.93. The van der Waals surface area contributed by atoms with Gasteiger partial charge in [-0.2, -0.15) is 0 Å². The Morgan fingerprint density at radius 1 is 0.442 bits per heavy atom. The summed E-state index contributed by atoms with van der Waals surface area (Å²) in [5.41, 5.74) is 15.5. The van der Waals surface area contributed by atoms with E-state index in [-0.39, 0.29) is 0 Å². The van der Waals surface area contributed by atoms with Gasteiger partial charge in [0.1, 0.15) is 5.84 Å². The third kappa shape index (κ3) is 5.81. The summed E-state index contributed by atoms with van der Waals surface area (Å²) in [5.74, 6) is 0.495. The van der Waals surface area contributed by atoms with Crippen LogP contribution in [0.25, 0.3) is 71.0 Å². The van der Waals surface area contributed by atoms with Crippen molar-refractivity contribution in [1.29, 1.82) is 0 Å². The Morgan fingerprint density at radius 3 is 1.77 bits per heavy atom.